The van der Waals surface area contributed by atoms with E-state index in [9.17, 15) is 4.79 Å². The first-order chi connectivity index (χ1) is 7.63. The number of ether oxygens (including phenoxy) is 1. The zero-order valence-corrected chi connectivity index (χ0v) is 8.85. The van der Waals surface area contributed by atoms with Crippen LogP contribution in [0.1, 0.15) is 11.3 Å². The number of nitrogens with two attached hydrogens (primary N) is 1. The number of nitrogen functional groups attached to an aromatic ring is 1. The number of hydrogen-bond acceptors (Lipinski definition) is 7. The second kappa shape index (κ2) is 3.76. The van der Waals surface area contributed by atoms with E-state index in [-0.39, 0.29) is 12.4 Å². The lowest BCUT2D eigenvalue weighted by Crippen LogP contribution is -2.10. The van der Waals surface area contributed by atoms with Gasteiger partial charge in [-0.2, -0.15) is 0 Å². The van der Waals surface area contributed by atoms with Crippen molar-refractivity contribution < 1.29 is 14.2 Å². The highest BCUT2D eigenvalue weighted by molar-refractivity contribution is 5.88. The van der Waals surface area contributed by atoms with Crippen LogP contribution in [0.5, 0.6) is 0 Å². The molecule has 0 spiro atoms. The summed E-state index contributed by atoms with van der Waals surface area (Å²) in [7, 11) is 1.32. The summed E-state index contributed by atoms with van der Waals surface area (Å²) in [6.45, 7) is 1.74. The molecular formula is C9H10N4O3. The summed E-state index contributed by atoms with van der Waals surface area (Å²) in [5.74, 6) is -0.382. The average molecular weight is 222 g/mol. The molecule has 84 valence electrons. The Morgan fingerprint density at radius 3 is 2.94 bits per heavy atom. The van der Waals surface area contributed by atoms with Gasteiger partial charge in [0, 0.05) is 11.3 Å². The Bertz CT molecular complexity index is 549. The van der Waals surface area contributed by atoms with E-state index in [1.54, 1.807) is 6.92 Å². The van der Waals surface area contributed by atoms with Gasteiger partial charge in [-0.05, 0) is 17.2 Å². The number of aryl methyl sites for hydroxylation is 1. The second-order valence-corrected chi connectivity index (χ2v) is 3.28. The zero-order chi connectivity index (χ0) is 11.7. The zero-order valence-electron chi connectivity index (χ0n) is 8.85. The van der Waals surface area contributed by atoms with Gasteiger partial charge < -0.3 is 10.5 Å². The lowest BCUT2D eigenvalue weighted by Gasteiger charge is -2.06. The summed E-state index contributed by atoms with van der Waals surface area (Å²) in [5.41, 5.74) is 8.12. The largest absolute Gasteiger partial charge is 0.469 e. The van der Waals surface area contributed by atoms with E-state index in [1.807, 2.05) is 0 Å². The number of pyridine rings is 1. The monoisotopic (exact) mass is 222 g/mol. The maximum Gasteiger partial charge on any atom is 0.310 e. The fraction of sp³-hybridized carbons (Fsp3) is 0.333. The first-order valence-corrected chi connectivity index (χ1v) is 4.57. The molecule has 2 rings (SSSR count). The van der Waals surface area contributed by atoms with Crippen molar-refractivity contribution in [2.24, 2.45) is 0 Å². The minimum absolute atomic E-state index is 0.0595. The van der Waals surface area contributed by atoms with Gasteiger partial charge >= 0.3 is 5.97 Å². The highest BCUT2D eigenvalue weighted by atomic mass is 16.6. The van der Waals surface area contributed by atoms with Crippen LogP contribution >= 0.6 is 0 Å². The molecule has 0 aliphatic heterocycles. The molecule has 16 heavy (non-hydrogen) atoms. The van der Waals surface area contributed by atoms with Gasteiger partial charge in [-0.15, -0.1) is 0 Å². The maximum absolute atomic E-state index is 11.2. The molecule has 0 saturated heterocycles. The molecule has 0 atom stereocenters. The topological polar surface area (TPSA) is 104 Å². The number of carbonyl (C=O) groups is 1. The number of nitrogens with zero attached hydrogens (tertiary/aromatic N) is 3. The summed E-state index contributed by atoms with van der Waals surface area (Å²) in [4.78, 5) is 15.3. The molecule has 0 radical (unpaired) electrons. The number of fused-ring (bicyclic) bond motifs is 1. The predicted molar refractivity (Wildman–Crippen MR) is 54.5 cm³/mol. The number of carbonyl (C=O) groups excluding carboxylic acids is 1. The molecule has 7 heteroatoms. The molecule has 0 aliphatic carbocycles. The van der Waals surface area contributed by atoms with E-state index in [0.717, 1.165) is 0 Å². The standard InChI is InChI=1S/C9H10N4O3/c1-4-5(3-6(14)15-2)7(10)8-9(11-4)13-16-12-8/h3,10H2,1-2H3. The van der Waals surface area contributed by atoms with Gasteiger partial charge in [0.15, 0.2) is 5.52 Å². The van der Waals surface area contributed by atoms with E-state index in [4.69, 9.17) is 5.73 Å². The molecule has 0 aliphatic rings. The molecule has 0 bridgehead atoms. The molecule has 0 amide bonds. The fourth-order valence-corrected chi connectivity index (χ4v) is 1.43. The molecule has 7 nitrogen and oxygen atoms in total. The summed E-state index contributed by atoms with van der Waals surface area (Å²) in [5, 5.41) is 7.21. The van der Waals surface area contributed by atoms with Crippen LogP contribution in [0.4, 0.5) is 5.69 Å². The molecule has 0 fully saturated rings. The van der Waals surface area contributed by atoms with Crippen molar-refractivity contribution in [1.82, 2.24) is 15.3 Å². The normalized spacial score (nSPS) is 10.6. The maximum atomic E-state index is 11.2. The number of esters is 1. The summed E-state index contributed by atoms with van der Waals surface area (Å²) >= 11 is 0. The Kier molecular flexibility index (Phi) is 2.43. The van der Waals surface area contributed by atoms with Crippen molar-refractivity contribution in [3.63, 3.8) is 0 Å². The fourth-order valence-electron chi connectivity index (χ4n) is 1.43. The molecule has 2 aromatic rings. The average Bonchev–Trinajstić information content (AvgIpc) is 2.71. The van der Waals surface area contributed by atoms with E-state index in [1.165, 1.54) is 7.11 Å². The third-order valence-corrected chi connectivity index (χ3v) is 2.31. The van der Waals surface area contributed by atoms with Crippen molar-refractivity contribution in [2.75, 3.05) is 12.8 Å². The minimum atomic E-state index is -0.382. The first-order valence-electron chi connectivity index (χ1n) is 4.57. The van der Waals surface area contributed by atoms with Gasteiger partial charge in [0.05, 0.1) is 19.2 Å². The van der Waals surface area contributed by atoms with Crippen molar-refractivity contribution in [2.45, 2.75) is 13.3 Å². The summed E-state index contributed by atoms with van der Waals surface area (Å²) in [6, 6.07) is 0. The third-order valence-electron chi connectivity index (χ3n) is 2.31. The number of rotatable bonds is 2. The minimum Gasteiger partial charge on any atom is -0.469 e. The van der Waals surface area contributed by atoms with Gasteiger partial charge in [-0.25, -0.2) is 9.61 Å². The van der Waals surface area contributed by atoms with Crippen LogP contribution in [0.2, 0.25) is 0 Å². The van der Waals surface area contributed by atoms with E-state index in [2.05, 4.69) is 24.7 Å². The molecule has 0 unspecified atom stereocenters. The number of aromatic nitrogens is 3. The summed E-state index contributed by atoms with van der Waals surface area (Å²) in [6.07, 6.45) is 0.0595. The van der Waals surface area contributed by atoms with Crippen LogP contribution in [0.25, 0.3) is 11.2 Å². The van der Waals surface area contributed by atoms with Crippen molar-refractivity contribution in [3.8, 4) is 0 Å². The number of anilines is 1. The Labute approximate surface area is 90.5 Å². The Morgan fingerprint density at radius 1 is 1.50 bits per heavy atom. The van der Waals surface area contributed by atoms with Crippen LogP contribution in [0.3, 0.4) is 0 Å². The van der Waals surface area contributed by atoms with Gasteiger partial charge in [0.1, 0.15) is 0 Å². The van der Waals surface area contributed by atoms with E-state index in [0.29, 0.717) is 28.1 Å². The van der Waals surface area contributed by atoms with Crippen LogP contribution in [0, 0.1) is 6.92 Å². The molecule has 0 aromatic carbocycles. The van der Waals surface area contributed by atoms with Crippen LogP contribution in [-0.4, -0.2) is 28.4 Å². The van der Waals surface area contributed by atoms with Gasteiger partial charge in [-0.1, -0.05) is 0 Å². The molecule has 0 saturated carbocycles. The van der Waals surface area contributed by atoms with E-state index >= 15 is 0 Å². The Balaban J connectivity index is 2.55. The van der Waals surface area contributed by atoms with Crippen LogP contribution in [0.15, 0.2) is 4.63 Å². The van der Waals surface area contributed by atoms with Crippen LogP contribution < -0.4 is 5.73 Å². The quantitative estimate of drug-likeness (QED) is 0.725. The smallest absolute Gasteiger partial charge is 0.310 e. The lowest BCUT2D eigenvalue weighted by molar-refractivity contribution is -0.139. The Morgan fingerprint density at radius 2 is 2.25 bits per heavy atom. The van der Waals surface area contributed by atoms with Gasteiger partial charge in [0.2, 0.25) is 5.65 Å². The first kappa shape index (κ1) is 10.3. The van der Waals surface area contributed by atoms with Gasteiger partial charge in [-0.3, -0.25) is 4.79 Å². The number of methoxy groups -OCH3 is 1. The van der Waals surface area contributed by atoms with Crippen molar-refractivity contribution in [3.05, 3.63) is 11.3 Å². The molecule has 2 heterocycles. The lowest BCUT2D eigenvalue weighted by atomic mass is 10.1. The van der Waals surface area contributed by atoms with Crippen LogP contribution in [-0.2, 0) is 16.0 Å². The molecule has 2 aromatic heterocycles. The SMILES string of the molecule is COC(=O)Cc1c(C)nc2nonc2c1N. The highest BCUT2D eigenvalue weighted by Crippen LogP contribution is 2.23. The third kappa shape index (κ3) is 1.56. The summed E-state index contributed by atoms with van der Waals surface area (Å²) < 4.78 is 9.10. The van der Waals surface area contributed by atoms with E-state index < -0.39 is 0 Å². The van der Waals surface area contributed by atoms with Gasteiger partial charge in [0.25, 0.3) is 0 Å². The highest BCUT2D eigenvalue weighted by Gasteiger charge is 2.16. The Hall–Kier alpha value is -2.18. The predicted octanol–water partition coefficient (Wildman–Crippen LogP) is 0.224. The van der Waals surface area contributed by atoms with Crippen molar-refractivity contribution in [1.29, 1.82) is 0 Å². The molecular weight excluding hydrogens is 212 g/mol. The second-order valence-electron chi connectivity index (χ2n) is 3.28. The molecule has 2 N–H and O–H groups in total. The number of hydrogen-bond donors (Lipinski definition) is 1. The van der Waals surface area contributed by atoms with Crippen molar-refractivity contribution >= 4 is 22.8 Å².